The van der Waals surface area contributed by atoms with E-state index in [4.69, 9.17) is 5.73 Å². The van der Waals surface area contributed by atoms with Crippen molar-refractivity contribution in [3.63, 3.8) is 0 Å². The van der Waals surface area contributed by atoms with E-state index in [1.165, 1.54) is 58.0 Å². The lowest BCUT2D eigenvalue weighted by molar-refractivity contribution is 0.0394. The van der Waals surface area contributed by atoms with Gasteiger partial charge in [-0.15, -0.1) is 0 Å². The van der Waals surface area contributed by atoms with Gasteiger partial charge in [0, 0.05) is 12.1 Å². The molecule has 1 saturated heterocycles. The summed E-state index contributed by atoms with van der Waals surface area (Å²) in [6, 6.07) is 0. The van der Waals surface area contributed by atoms with E-state index < -0.39 is 0 Å². The van der Waals surface area contributed by atoms with Gasteiger partial charge in [-0.2, -0.15) is 0 Å². The molecule has 1 heterocycles. The molecule has 0 amide bonds. The van der Waals surface area contributed by atoms with Gasteiger partial charge in [-0.1, -0.05) is 40.0 Å². The Balaban J connectivity index is 2.63. The highest BCUT2D eigenvalue weighted by atomic mass is 15.2. The van der Waals surface area contributed by atoms with Crippen LogP contribution in [-0.2, 0) is 0 Å². The number of piperidine rings is 1. The van der Waals surface area contributed by atoms with Gasteiger partial charge in [0.15, 0.2) is 0 Å². The van der Waals surface area contributed by atoms with Crippen molar-refractivity contribution in [1.29, 1.82) is 0 Å². The van der Waals surface area contributed by atoms with Crippen molar-refractivity contribution in [3.05, 3.63) is 0 Å². The summed E-state index contributed by atoms with van der Waals surface area (Å²) < 4.78 is 0. The molecule has 0 radical (unpaired) electrons. The maximum Gasteiger partial charge on any atom is 0.0331 e. The number of nitrogens with zero attached hydrogens (tertiary/aromatic N) is 1. The molecule has 2 N–H and O–H groups in total. The van der Waals surface area contributed by atoms with Crippen LogP contribution in [0.3, 0.4) is 0 Å². The smallest absolute Gasteiger partial charge is 0.0331 e. The fraction of sp³-hybridized carbons (Fsp3) is 1.00. The second-order valence-corrected chi connectivity index (χ2v) is 5.77. The second-order valence-electron chi connectivity index (χ2n) is 5.77. The zero-order valence-corrected chi connectivity index (χ0v) is 12.2. The molecule has 102 valence electrons. The maximum atomic E-state index is 6.14. The normalized spacial score (nSPS) is 19.8. The monoisotopic (exact) mass is 240 g/mol. The molecular weight excluding hydrogens is 208 g/mol. The molecule has 2 heteroatoms. The average Bonchev–Trinajstić information content (AvgIpc) is 2.38. The summed E-state index contributed by atoms with van der Waals surface area (Å²) in [7, 11) is 0. The highest BCUT2D eigenvalue weighted by Gasteiger charge is 2.35. The van der Waals surface area contributed by atoms with Crippen molar-refractivity contribution in [2.45, 2.75) is 71.3 Å². The first-order valence-corrected chi connectivity index (χ1v) is 7.67. The molecule has 0 aromatic carbocycles. The molecular formula is C15H32N2. The molecule has 0 atom stereocenters. The van der Waals surface area contributed by atoms with E-state index in [0.29, 0.717) is 5.54 Å². The van der Waals surface area contributed by atoms with Crippen LogP contribution in [0.2, 0.25) is 0 Å². The third kappa shape index (κ3) is 3.69. The zero-order valence-electron chi connectivity index (χ0n) is 12.2. The van der Waals surface area contributed by atoms with Crippen molar-refractivity contribution >= 4 is 0 Å². The van der Waals surface area contributed by atoms with Crippen LogP contribution < -0.4 is 5.73 Å². The minimum Gasteiger partial charge on any atom is -0.329 e. The minimum atomic E-state index is 0.308. The Hall–Kier alpha value is -0.0800. The Morgan fingerprint density at radius 1 is 1.06 bits per heavy atom. The fourth-order valence-corrected chi connectivity index (χ4v) is 3.52. The predicted octanol–water partition coefficient (Wildman–Crippen LogP) is 3.41. The van der Waals surface area contributed by atoms with E-state index in [1.807, 2.05) is 0 Å². The van der Waals surface area contributed by atoms with Crippen molar-refractivity contribution in [2.75, 3.05) is 19.6 Å². The van der Waals surface area contributed by atoms with E-state index in [-0.39, 0.29) is 0 Å². The number of hydrogen-bond acceptors (Lipinski definition) is 2. The fourth-order valence-electron chi connectivity index (χ4n) is 3.52. The van der Waals surface area contributed by atoms with E-state index in [2.05, 4.69) is 25.7 Å². The largest absolute Gasteiger partial charge is 0.329 e. The van der Waals surface area contributed by atoms with Gasteiger partial charge in [0.25, 0.3) is 0 Å². The Bertz CT molecular complexity index is 189. The second kappa shape index (κ2) is 7.38. The van der Waals surface area contributed by atoms with Gasteiger partial charge in [0.05, 0.1) is 0 Å². The maximum absolute atomic E-state index is 6.14. The van der Waals surface area contributed by atoms with Crippen molar-refractivity contribution in [3.8, 4) is 0 Å². The predicted molar refractivity (Wildman–Crippen MR) is 76.2 cm³/mol. The lowest BCUT2D eigenvalue weighted by atomic mass is 9.83. The van der Waals surface area contributed by atoms with E-state index in [0.717, 1.165) is 12.5 Å². The molecule has 0 saturated carbocycles. The van der Waals surface area contributed by atoms with Crippen LogP contribution in [-0.4, -0.2) is 30.1 Å². The molecule has 1 rings (SSSR count). The third-order valence-corrected chi connectivity index (χ3v) is 4.67. The minimum absolute atomic E-state index is 0.308. The Labute approximate surface area is 108 Å². The van der Waals surface area contributed by atoms with E-state index in [1.54, 1.807) is 0 Å². The van der Waals surface area contributed by atoms with Crippen LogP contribution in [0.15, 0.2) is 0 Å². The molecule has 0 spiro atoms. The lowest BCUT2D eigenvalue weighted by Gasteiger charge is -2.47. The van der Waals surface area contributed by atoms with Gasteiger partial charge in [-0.05, 0) is 44.7 Å². The van der Waals surface area contributed by atoms with Crippen LogP contribution in [0.4, 0.5) is 0 Å². The number of hydrogen-bond donors (Lipinski definition) is 1. The SMILES string of the molecule is CCCC(CN)(CCC)N1CCC(CC)CC1. The summed E-state index contributed by atoms with van der Waals surface area (Å²) in [4.78, 5) is 2.71. The van der Waals surface area contributed by atoms with Gasteiger partial charge in [0.1, 0.15) is 0 Å². The van der Waals surface area contributed by atoms with E-state index in [9.17, 15) is 0 Å². The summed E-state index contributed by atoms with van der Waals surface area (Å²) in [5.74, 6) is 0.963. The Morgan fingerprint density at radius 3 is 1.94 bits per heavy atom. The molecule has 1 fully saturated rings. The summed E-state index contributed by atoms with van der Waals surface area (Å²) in [5.41, 5.74) is 6.44. The molecule has 0 aliphatic carbocycles. The van der Waals surface area contributed by atoms with Crippen LogP contribution in [0.5, 0.6) is 0 Å². The first kappa shape index (κ1) is 15.0. The van der Waals surface area contributed by atoms with E-state index >= 15 is 0 Å². The van der Waals surface area contributed by atoms with Crippen LogP contribution in [0.25, 0.3) is 0 Å². The first-order chi connectivity index (χ1) is 8.22. The van der Waals surface area contributed by atoms with Crippen molar-refractivity contribution in [1.82, 2.24) is 4.90 Å². The van der Waals surface area contributed by atoms with Crippen LogP contribution in [0, 0.1) is 5.92 Å². The van der Waals surface area contributed by atoms with Gasteiger partial charge in [-0.25, -0.2) is 0 Å². The number of rotatable bonds is 7. The molecule has 0 unspecified atom stereocenters. The molecule has 0 aromatic heterocycles. The summed E-state index contributed by atoms with van der Waals surface area (Å²) >= 11 is 0. The van der Waals surface area contributed by atoms with Gasteiger partial charge in [0.2, 0.25) is 0 Å². The van der Waals surface area contributed by atoms with Crippen LogP contribution in [0.1, 0.15) is 65.7 Å². The van der Waals surface area contributed by atoms with Crippen molar-refractivity contribution < 1.29 is 0 Å². The lowest BCUT2D eigenvalue weighted by Crippen LogP contribution is -2.56. The average molecular weight is 240 g/mol. The molecule has 1 aliphatic rings. The first-order valence-electron chi connectivity index (χ1n) is 7.67. The molecule has 0 bridgehead atoms. The van der Waals surface area contributed by atoms with Gasteiger partial charge in [-0.3, -0.25) is 4.90 Å². The number of likely N-dealkylation sites (tertiary alicyclic amines) is 1. The molecule has 17 heavy (non-hydrogen) atoms. The Morgan fingerprint density at radius 2 is 1.59 bits per heavy atom. The highest BCUT2D eigenvalue weighted by molar-refractivity contribution is 4.93. The zero-order chi connectivity index (χ0) is 12.7. The summed E-state index contributed by atoms with van der Waals surface area (Å²) in [5, 5.41) is 0. The van der Waals surface area contributed by atoms with Gasteiger partial charge >= 0.3 is 0 Å². The number of nitrogens with two attached hydrogens (primary N) is 1. The molecule has 0 aromatic rings. The third-order valence-electron chi connectivity index (χ3n) is 4.67. The standard InChI is InChI=1S/C15H32N2/c1-4-9-15(13-16,10-5-2)17-11-7-14(6-3)8-12-17/h14H,4-13,16H2,1-3H3. The summed E-state index contributed by atoms with van der Waals surface area (Å²) in [6.07, 6.45) is 9.17. The quantitative estimate of drug-likeness (QED) is 0.739. The molecule has 2 nitrogen and oxygen atoms in total. The summed E-state index contributed by atoms with van der Waals surface area (Å²) in [6.45, 7) is 10.3. The topological polar surface area (TPSA) is 29.3 Å². The Kier molecular flexibility index (Phi) is 6.50. The van der Waals surface area contributed by atoms with Crippen molar-refractivity contribution in [2.24, 2.45) is 11.7 Å². The van der Waals surface area contributed by atoms with Crippen LogP contribution >= 0.6 is 0 Å². The van der Waals surface area contributed by atoms with Gasteiger partial charge < -0.3 is 5.73 Å². The highest BCUT2D eigenvalue weighted by Crippen LogP contribution is 2.31. The molecule has 1 aliphatic heterocycles.